The van der Waals surface area contributed by atoms with E-state index in [1.54, 1.807) is 0 Å². The van der Waals surface area contributed by atoms with Gasteiger partial charge in [0.2, 0.25) is 5.91 Å². The largest absolute Gasteiger partial charge is 0.481 e. The van der Waals surface area contributed by atoms with Gasteiger partial charge in [-0.3, -0.25) is 9.59 Å². The van der Waals surface area contributed by atoms with E-state index >= 15 is 0 Å². The lowest BCUT2D eigenvalue weighted by Crippen LogP contribution is -2.42. The van der Waals surface area contributed by atoms with Gasteiger partial charge in [0, 0.05) is 19.1 Å². The van der Waals surface area contributed by atoms with Crippen LogP contribution in [0.2, 0.25) is 0 Å². The van der Waals surface area contributed by atoms with Crippen molar-refractivity contribution in [1.82, 2.24) is 9.80 Å². The maximum absolute atomic E-state index is 12.5. The molecule has 5 heteroatoms. The van der Waals surface area contributed by atoms with E-state index in [1.807, 2.05) is 31.1 Å². The van der Waals surface area contributed by atoms with Gasteiger partial charge in [0.15, 0.2) is 0 Å². The Balaban J connectivity index is 2.03. The molecule has 1 fully saturated rings. The fourth-order valence-electron chi connectivity index (χ4n) is 2.96. The molecule has 1 amide bonds. The van der Waals surface area contributed by atoms with Gasteiger partial charge < -0.3 is 14.9 Å². The summed E-state index contributed by atoms with van der Waals surface area (Å²) in [7, 11) is 4.03. The number of carbonyl (C=O) groups excluding carboxylic acids is 1. The number of nitrogens with zero attached hydrogens (tertiary/aromatic N) is 2. The average molecular weight is 266 g/mol. The summed E-state index contributed by atoms with van der Waals surface area (Å²) in [6.07, 6.45) is 5.80. The Kier molecular flexibility index (Phi) is 4.24. The van der Waals surface area contributed by atoms with E-state index in [4.69, 9.17) is 0 Å². The Bertz CT molecular complexity index is 392. The van der Waals surface area contributed by atoms with Gasteiger partial charge in [0.25, 0.3) is 0 Å². The Hall–Kier alpha value is -1.36. The van der Waals surface area contributed by atoms with Crippen LogP contribution in [0.25, 0.3) is 0 Å². The van der Waals surface area contributed by atoms with Crippen LogP contribution < -0.4 is 0 Å². The quantitative estimate of drug-likeness (QED) is 0.768. The number of hydrogen-bond acceptors (Lipinski definition) is 3. The summed E-state index contributed by atoms with van der Waals surface area (Å²) in [5.74, 6) is -1.79. The Morgan fingerprint density at radius 2 is 1.84 bits per heavy atom. The number of aliphatic carboxylic acids is 1. The lowest BCUT2D eigenvalue weighted by Gasteiger charge is -2.29. The highest BCUT2D eigenvalue weighted by molar-refractivity contribution is 5.85. The van der Waals surface area contributed by atoms with E-state index in [9.17, 15) is 14.7 Å². The maximum atomic E-state index is 12.5. The summed E-state index contributed by atoms with van der Waals surface area (Å²) >= 11 is 0. The Labute approximate surface area is 113 Å². The number of amides is 1. The standard InChI is InChI=1S/C14H22N2O3/c1-15(2)10-7-8-16(9-10)13(17)11-5-3-4-6-12(11)14(18)19/h3-4,10-12H,5-9H2,1-2H3,(H,18,19)/t10?,11-,12+/m1/s1. The van der Waals surface area contributed by atoms with Crippen molar-refractivity contribution >= 4 is 11.9 Å². The molecule has 1 saturated heterocycles. The number of hydrogen-bond donors (Lipinski definition) is 1. The van der Waals surface area contributed by atoms with Gasteiger partial charge in [-0.2, -0.15) is 0 Å². The Morgan fingerprint density at radius 3 is 2.37 bits per heavy atom. The van der Waals surface area contributed by atoms with Gasteiger partial charge in [0.1, 0.15) is 0 Å². The molecule has 5 nitrogen and oxygen atoms in total. The third-order valence-corrected chi connectivity index (χ3v) is 4.27. The van der Waals surface area contributed by atoms with Gasteiger partial charge in [-0.05, 0) is 33.4 Å². The summed E-state index contributed by atoms with van der Waals surface area (Å²) < 4.78 is 0. The number of rotatable bonds is 3. The second kappa shape index (κ2) is 5.74. The van der Waals surface area contributed by atoms with Crippen LogP contribution in [0.5, 0.6) is 0 Å². The number of carbonyl (C=O) groups is 2. The molecular weight excluding hydrogens is 244 g/mol. The third kappa shape index (κ3) is 2.97. The minimum atomic E-state index is -0.856. The molecule has 0 spiro atoms. The van der Waals surface area contributed by atoms with Crippen molar-refractivity contribution in [2.45, 2.75) is 25.3 Å². The van der Waals surface area contributed by atoms with Crippen LogP contribution in [0.15, 0.2) is 12.2 Å². The SMILES string of the molecule is CN(C)C1CCN(C(=O)[C@@H]2CC=CC[C@@H]2C(=O)O)C1. The van der Waals surface area contributed by atoms with E-state index in [0.29, 0.717) is 18.9 Å². The van der Waals surface area contributed by atoms with Crippen molar-refractivity contribution in [3.8, 4) is 0 Å². The van der Waals surface area contributed by atoms with E-state index in [-0.39, 0.29) is 11.8 Å². The van der Waals surface area contributed by atoms with Crippen LogP contribution in [0, 0.1) is 11.8 Å². The molecule has 0 bridgehead atoms. The number of likely N-dealkylation sites (N-methyl/N-ethyl adjacent to an activating group) is 1. The maximum Gasteiger partial charge on any atom is 0.307 e. The summed E-state index contributed by atoms with van der Waals surface area (Å²) in [6, 6.07) is 0.395. The third-order valence-electron chi connectivity index (χ3n) is 4.27. The van der Waals surface area contributed by atoms with Crippen molar-refractivity contribution < 1.29 is 14.7 Å². The predicted octanol–water partition coefficient (Wildman–Crippen LogP) is 0.816. The fraction of sp³-hybridized carbons (Fsp3) is 0.714. The first-order valence-corrected chi connectivity index (χ1v) is 6.83. The van der Waals surface area contributed by atoms with Crippen LogP contribution in [-0.2, 0) is 9.59 Å². The first-order chi connectivity index (χ1) is 9.00. The van der Waals surface area contributed by atoms with Crippen molar-refractivity contribution in [3.05, 3.63) is 12.2 Å². The zero-order valence-electron chi connectivity index (χ0n) is 11.6. The predicted molar refractivity (Wildman–Crippen MR) is 71.7 cm³/mol. The first-order valence-electron chi connectivity index (χ1n) is 6.83. The minimum absolute atomic E-state index is 0.0149. The topological polar surface area (TPSA) is 60.9 Å². The molecule has 1 aliphatic heterocycles. The Morgan fingerprint density at radius 1 is 1.21 bits per heavy atom. The number of carboxylic acids is 1. The van der Waals surface area contributed by atoms with Crippen LogP contribution in [0.4, 0.5) is 0 Å². The van der Waals surface area contributed by atoms with Crippen molar-refractivity contribution in [1.29, 1.82) is 0 Å². The van der Waals surface area contributed by atoms with Gasteiger partial charge in [-0.25, -0.2) is 0 Å². The highest BCUT2D eigenvalue weighted by atomic mass is 16.4. The van der Waals surface area contributed by atoms with Crippen molar-refractivity contribution in [3.63, 3.8) is 0 Å². The summed E-state index contributed by atoms with van der Waals surface area (Å²) in [5.41, 5.74) is 0. The molecule has 2 aliphatic rings. The molecule has 1 heterocycles. The summed E-state index contributed by atoms with van der Waals surface area (Å²) in [5, 5.41) is 9.23. The van der Waals surface area contributed by atoms with Gasteiger partial charge in [-0.1, -0.05) is 12.2 Å². The van der Waals surface area contributed by atoms with Gasteiger partial charge in [0.05, 0.1) is 11.8 Å². The number of allylic oxidation sites excluding steroid dienone is 2. The van der Waals surface area contributed by atoms with Crippen molar-refractivity contribution in [2.75, 3.05) is 27.2 Å². The molecule has 106 valence electrons. The van der Waals surface area contributed by atoms with Crippen LogP contribution >= 0.6 is 0 Å². The smallest absolute Gasteiger partial charge is 0.307 e. The minimum Gasteiger partial charge on any atom is -0.481 e. The second-order valence-electron chi connectivity index (χ2n) is 5.68. The molecule has 1 unspecified atom stereocenters. The van der Waals surface area contributed by atoms with E-state index < -0.39 is 11.9 Å². The number of likely N-dealkylation sites (tertiary alicyclic amines) is 1. The van der Waals surface area contributed by atoms with Gasteiger partial charge >= 0.3 is 5.97 Å². The molecule has 1 N–H and O–H groups in total. The summed E-state index contributed by atoms with van der Waals surface area (Å²) in [6.45, 7) is 1.46. The molecule has 1 aliphatic carbocycles. The zero-order chi connectivity index (χ0) is 14.0. The van der Waals surface area contributed by atoms with E-state index in [0.717, 1.165) is 19.5 Å². The monoisotopic (exact) mass is 266 g/mol. The molecule has 2 rings (SSSR count). The van der Waals surface area contributed by atoms with Crippen molar-refractivity contribution in [2.24, 2.45) is 11.8 Å². The fourth-order valence-corrected chi connectivity index (χ4v) is 2.96. The molecule has 0 radical (unpaired) electrons. The number of carboxylic acid groups (broad SMARTS) is 1. The highest BCUT2D eigenvalue weighted by Gasteiger charge is 2.38. The highest BCUT2D eigenvalue weighted by Crippen LogP contribution is 2.29. The lowest BCUT2D eigenvalue weighted by atomic mass is 9.82. The average Bonchev–Trinajstić information content (AvgIpc) is 2.87. The second-order valence-corrected chi connectivity index (χ2v) is 5.68. The van der Waals surface area contributed by atoms with E-state index in [2.05, 4.69) is 4.90 Å². The summed E-state index contributed by atoms with van der Waals surface area (Å²) in [4.78, 5) is 27.7. The first kappa shape index (κ1) is 14.1. The molecular formula is C14H22N2O3. The van der Waals surface area contributed by atoms with Crippen LogP contribution in [0.3, 0.4) is 0 Å². The molecule has 19 heavy (non-hydrogen) atoms. The normalized spacial score (nSPS) is 30.9. The molecule has 0 aromatic rings. The van der Waals surface area contributed by atoms with Gasteiger partial charge in [-0.15, -0.1) is 0 Å². The molecule has 0 saturated carbocycles. The molecule has 0 aromatic carbocycles. The lowest BCUT2D eigenvalue weighted by molar-refractivity contribution is -0.150. The zero-order valence-corrected chi connectivity index (χ0v) is 11.6. The molecule has 0 aromatic heterocycles. The van der Waals surface area contributed by atoms with E-state index in [1.165, 1.54) is 0 Å². The molecule has 3 atom stereocenters. The van der Waals surface area contributed by atoms with Crippen LogP contribution in [-0.4, -0.2) is 60.0 Å². The van der Waals surface area contributed by atoms with Crippen LogP contribution in [0.1, 0.15) is 19.3 Å².